The first-order valence-electron chi connectivity index (χ1n) is 9.57. The van der Waals surface area contributed by atoms with Crippen LogP contribution >= 0.6 is 0 Å². The fourth-order valence-corrected chi connectivity index (χ4v) is 4.06. The molecule has 2 heterocycles. The molecule has 150 valence electrons. The van der Waals surface area contributed by atoms with E-state index < -0.39 is 17.5 Å². The highest BCUT2D eigenvalue weighted by molar-refractivity contribution is 6.10. The van der Waals surface area contributed by atoms with Gasteiger partial charge in [0.05, 0.1) is 7.11 Å². The standard InChI is InChI=1S/C22H23N3O4/c1-22(13-16-8-4-6-10-18(16)29-2)20(27)25(21(28)23-22)14-19(26)24-12-11-15-7-3-5-9-17(15)24/h3-10H,11-14H2,1-2H3,(H,23,28)/t22-/m1/s1. The van der Waals surface area contributed by atoms with Gasteiger partial charge in [-0.15, -0.1) is 0 Å². The molecule has 2 aromatic rings. The highest BCUT2D eigenvalue weighted by atomic mass is 16.5. The van der Waals surface area contributed by atoms with Gasteiger partial charge in [-0.05, 0) is 36.6 Å². The fourth-order valence-electron chi connectivity index (χ4n) is 4.06. The van der Waals surface area contributed by atoms with Crippen molar-refractivity contribution in [3.8, 4) is 5.75 Å². The minimum atomic E-state index is -1.13. The highest BCUT2D eigenvalue weighted by Gasteiger charge is 2.49. The number of fused-ring (bicyclic) bond motifs is 1. The second-order valence-electron chi connectivity index (χ2n) is 7.57. The summed E-state index contributed by atoms with van der Waals surface area (Å²) < 4.78 is 5.36. The summed E-state index contributed by atoms with van der Waals surface area (Å²) >= 11 is 0. The van der Waals surface area contributed by atoms with Crippen LogP contribution in [0.15, 0.2) is 48.5 Å². The molecule has 7 nitrogen and oxygen atoms in total. The Morgan fingerprint density at radius 1 is 1.14 bits per heavy atom. The van der Waals surface area contributed by atoms with Gasteiger partial charge < -0.3 is 15.0 Å². The SMILES string of the molecule is COc1ccccc1C[C@@]1(C)NC(=O)N(CC(=O)N2CCc3ccccc32)C1=O. The maximum atomic E-state index is 13.1. The third-order valence-corrected chi connectivity index (χ3v) is 5.56. The average molecular weight is 393 g/mol. The molecule has 0 aliphatic carbocycles. The lowest BCUT2D eigenvalue weighted by Gasteiger charge is -2.23. The van der Waals surface area contributed by atoms with Crippen LogP contribution in [-0.2, 0) is 22.4 Å². The van der Waals surface area contributed by atoms with Gasteiger partial charge in [-0.25, -0.2) is 4.79 Å². The molecule has 0 bridgehead atoms. The molecule has 0 aromatic heterocycles. The maximum absolute atomic E-state index is 13.1. The number of benzene rings is 2. The number of para-hydroxylation sites is 2. The number of nitrogens with zero attached hydrogens (tertiary/aromatic N) is 2. The van der Waals surface area contributed by atoms with Gasteiger partial charge in [-0.1, -0.05) is 36.4 Å². The number of urea groups is 1. The van der Waals surface area contributed by atoms with E-state index in [1.165, 1.54) is 0 Å². The zero-order valence-electron chi connectivity index (χ0n) is 16.5. The van der Waals surface area contributed by atoms with Gasteiger partial charge in [0, 0.05) is 18.7 Å². The minimum Gasteiger partial charge on any atom is -0.496 e. The third-order valence-electron chi connectivity index (χ3n) is 5.56. The lowest BCUT2D eigenvalue weighted by Crippen LogP contribution is -2.47. The van der Waals surface area contributed by atoms with Crippen LogP contribution in [0.3, 0.4) is 0 Å². The Morgan fingerprint density at radius 2 is 1.86 bits per heavy atom. The summed E-state index contributed by atoms with van der Waals surface area (Å²) in [6.45, 7) is 1.95. The summed E-state index contributed by atoms with van der Waals surface area (Å²) in [5.74, 6) is -0.0202. The normalized spacial score (nSPS) is 20.6. The summed E-state index contributed by atoms with van der Waals surface area (Å²) in [7, 11) is 1.56. The molecule has 4 rings (SSSR count). The molecule has 0 radical (unpaired) electrons. The molecule has 1 saturated heterocycles. The molecule has 0 saturated carbocycles. The Bertz CT molecular complexity index is 990. The fraction of sp³-hybridized carbons (Fsp3) is 0.318. The van der Waals surface area contributed by atoms with Crippen molar-refractivity contribution in [3.05, 3.63) is 59.7 Å². The van der Waals surface area contributed by atoms with E-state index in [-0.39, 0.29) is 18.9 Å². The Labute approximate surface area is 169 Å². The number of nitrogens with one attached hydrogen (secondary N) is 1. The molecule has 1 atom stereocenters. The summed E-state index contributed by atoms with van der Waals surface area (Å²) in [4.78, 5) is 41.1. The van der Waals surface area contributed by atoms with Gasteiger partial charge in [-0.3, -0.25) is 14.5 Å². The molecule has 7 heteroatoms. The van der Waals surface area contributed by atoms with Gasteiger partial charge in [0.25, 0.3) is 5.91 Å². The van der Waals surface area contributed by atoms with Gasteiger partial charge in [-0.2, -0.15) is 0 Å². The largest absolute Gasteiger partial charge is 0.496 e. The third kappa shape index (κ3) is 3.33. The van der Waals surface area contributed by atoms with Crippen LogP contribution in [0.4, 0.5) is 10.5 Å². The number of hydrogen-bond acceptors (Lipinski definition) is 4. The minimum absolute atomic E-state index is 0.264. The van der Waals surface area contributed by atoms with Crippen molar-refractivity contribution < 1.29 is 19.1 Å². The van der Waals surface area contributed by atoms with Crippen molar-refractivity contribution in [1.29, 1.82) is 0 Å². The predicted molar refractivity (Wildman–Crippen MR) is 108 cm³/mol. The highest BCUT2D eigenvalue weighted by Crippen LogP contribution is 2.30. The van der Waals surface area contributed by atoms with E-state index >= 15 is 0 Å². The summed E-state index contributed by atoms with van der Waals surface area (Å²) in [5.41, 5.74) is 1.63. The van der Waals surface area contributed by atoms with E-state index in [4.69, 9.17) is 4.74 Å². The van der Waals surface area contributed by atoms with Crippen molar-refractivity contribution >= 4 is 23.5 Å². The van der Waals surface area contributed by atoms with Crippen LogP contribution in [0, 0.1) is 0 Å². The number of hydrogen-bond donors (Lipinski definition) is 1. The zero-order chi connectivity index (χ0) is 20.6. The second-order valence-corrected chi connectivity index (χ2v) is 7.57. The summed E-state index contributed by atoms with van der Waals surface area (Å²) in [6.07, 6.45) is 1.05. The van der Waals surface area contributed by atoms with E-state index in [0.717, 1.165) is 28.1 Å². The first-order valence-corrected chi connectivity index (χ1v) is 9.57. The summed E-state index contributed by atoms with van der Waals surface area (Å²) in [5, 5.41) is 2.76. The number of imide groups is 1. The van der Waals surface area contributed by atoms with Gasteiger partial charge in [0.1, 0.15) is 17.8 Å². The van der Waals surface area contributed by atoms with Crippen LogP contribution in [-0.4, -0.2) is 48.5 Å². The van der Waals surface area contributed by atoms with Crippen molar-refractivity contribution in [1.82, 2.24) is 10.2 Å². The van der Waals surface area contributed by atoms with E-state index in [2.05, 4.69) is 5.32 Å². The Morgan fingerprint density at radius 3 is 2.66 bits per heavy atom. The number of ether oxygens (including phenoxy) is 1. The first-order chi connectivity index (χ1) is 13.9. The number of methoxy groups -OCH3 is 1. The molecule has 0 unspecified atom stereocenters. The van der Waals surface area contributed by atoms with E-state index in [1.54, 1.807) is 18.9 Å². The lowest BCUT2D eigenvalue weighted by atomic mass is 9.92. The topological polar surface area (TPSA) is 79.0 Å². The van der Waals surface area contributed by atoms with Gasteiger partial charge in [0.2, 0.25) is 5.91 Å². The van der Waals surface area contributed by atoms with Crippen LogP contribution < -0.4 is 15.0 Å². The maximum Gasteiger partial charge on any atom is 0.325 e. The predicted octanol–water partition coefficient (Wildman–Crippen LogP) is 2.14. The summed E-state index contributed by atoms with van der Waals surface area (Å²) in [6, 6.07) is 14.5. The molecular weight excluding hydrogens is 370 g/mol. The van der Waals surface area contributed by atoms with E-state index in [0.29, 0.717) is 12.3 Å². The molecule has 2 aromatic carbocycles. The van der Waals surface area contributed by atoms with Crippen LogP contribution in [0.1, 0.15) is 18.1 Å². The Hall–Kier alpha value is -3.35. The second kappa shape index (κ2) is 7.24. The van der Waals surface area contributed by atoms with Crippen molar-refractivity contribution in [2.24, 2.45) is 0 Å². The van der Waals surface area contributed by atoms with Gasteiger partial charge >= 0.3 is 6.03 Å². The van der Waals surface area contributed by atoms with Crippen molar-refractivity contribution in [2.75, 3.05) is 25.1 Å². The van der Waals surface area contributed by atoms with E-state index in [9.17, 15) is 14.4 Å². The Balaban J connectivity index is 1.50. The number of amides is 4. The smallest absolute Gasteiger partial charge is 0.325 e. The number of rotatable bonds is 5. The number of carbonyl (C=O) groups is 3. The quantitative estimate of drug-likeness (QED) is 0.790. The number of carbonyl (C=O) groups excluding carboxylic acids is 3. The molecule has 4 amide bonds. The molecular formula is C22H23N3O4. The van der Waals surface area contributed by atoms with Crippen LogP contribution in [0.2, 0.25) is 0 Å². The molecule has 2 aliphatic heterocycles. The molecule has 29 heavy (non-hydrogen) atoms. The van der Waals surface area contributed by atoms with Crippen LogP contribution in [0.25, 0.3) is 0 Å². The molecule has 1 N–H and O–H groups in total. The lowest BCUT2D eigenvalue weighted by molar-refractivity contribution is -0.133. The monoisotopic (exact) mass is 393 g/mol. The molecule has 1 fully saturated rings. The van der Waals surface area contributed by atoms with E-state index in [1.807, 2.05) is 48.5 Å². The molecule has 2 aliphatic rings. The first kappa shape index (κ1) is 19.0. The Kier molecular flexibility index (Phi) is 4.74. The number of anilines is 1. The van der Waals surface area contributed by atoms with Crippen molar-refractivity contribution in [2.45, 2.75) is 25.3 Å². The average Bonchev–Trinajstić information content (AvgIpc) is 3.23. The van der Waals surface area contributed by atoms with Crippen LogP contribution in [0.5, 0.6) is 5.75 Å². The zero-order valence-corrected chi connectivity index (χ0v) is 16.5. The van der Waals surface area contributed by atoms with Gasteiger partial charge in [0.15, 0.2) is 0 Å². The molecule has 0 spiro atoms. The van der Waals surface area contributed by atoms with Crippen molar-refractivity contribution in [3.63, 3.8) is 0 Å².